The minimum Gasteiger partial charge on any atom is -0.481 e. The normalized spacial score (nSPS) is 16.2. The van der Waals surface area contributed by atoms with E-state index in [0.29, 0.717) is 24.4 Å². The average Bonchev–Trinajstić information content (AvgIpc) is 2.86. The van der Waals surface area contributed by atoms with E-state index in [-0.39, 0.29) is 12.2 Å². The number of benzene rings is 1. The Balaban J connectivity index is 1.94. The predicted molar refractivity (Wildman–Crippen MR) is 81.4 cm³/mol. The van der Waals surface area contributed by atoms with Gasteiger partial charge in [-0.25, -0.2) is 9.37 Å². The van der Waals surface area contributed by atoms with Crippen LogP contribution in [-0.2, 0) is 11.3 Å². The molecular weight excluding hydrogens is 285 g/mol. The first-order valence-corrected chi connectivity index (χ1v) is 7.73. The highest BCUT2D eigenvalue weighted by Crippen LogP contribution is 2.29. The van der Waals surface area contributed by atoms with Crippen LogP contribution in [0.25, 0.3) is 11.0 Å². The summed E-state index contributed by atoms with van der Waals surface area (Å²) in [4.78, 5) is 15.4. The number of carboxylic acid groups (broad SMARTS) is 1. The summed E-state index contributed by atoms with van der Waals surface area (Å²) in [6.07, 6.45) is 2.69. The van der Waals surface area contributed by atoms with Crippen molar-refractivity contribution in [1.82, 2.24) is 14.9 Å². The van der Waals surface area contributed by atoms with E-state index in [1.54, 1.807) is 6.07 Å². The number of aromatic nitrogens is 2. The maximum Gasteiger partial charge on any atom is 0.303 e. The zero-order valence-corrected chi connectivity index (χ0v) is 12.4. The molecule has 1 aromatic heterocycles. The molecule has 0 aliphatic carbocycles. The number of piperidine rings is 1. The Morgan fingerprint density at radius 3 is 2.91 bits per heavy atom. The summed E-state index contributed by atoms with van der Waals surface area (Å²) in [7, 11) is 0. The highest BCUT2D eigenvalue weighted by atomic mass is 19.1. The topological polar surface area (TPSA) is 67.2 Å². The largest absolute Gasteiger partial charge is 0.481 e. The van der Waals surface area contributed by atoms with Gasteiger partial charge in [0.15, 0.2) is 0 Å². The van der Waals surface area contributed by atoms with Gasteiger partial charge in [-0.1, -0.05) is 0 Å². The minimum atomic E-state index is -0.793. The number of imidazole rings is 1. The number of aliphatic carboxylic acids is 1. The fourth-order valence-corrected chi connectivity index (χ4v) is 3.14. The van der Waals surface area contributed by atoms with Crippen molar-refractivity contribution in [1.29, 1.82) is 0 Å². The van der Waals surface area contributed by atoms with Gasteiger partial charge in [0.1, 0.15) is 11.6 Å². The van der Waals surface area contributed by atoms with Crippen molar-refractivity contribution in [2.75, 3.05) is 13.1 Å². The number of fused-ring (bicyclic) bond motifs is 1. The summed E-state index contributed by atoms with van der Waals surface area (Å²) in [6, 6.07) is 4.63. The number of nitrogens with zero attached hydrogens (tertiary/aromatic N) is 2. The molecule has 6 heteroatoms. The summed E-state index contributed by atoms with van der Waals surface area (Å²) in [5.74, 6) is 0.229. The Kier molecular flexibility index (Phi) is 4.38. The summed E-state index contributed by atoms with van der Waals surface area (Å²) < 4.78 is 15.5. The molecule has 1 saturated heterocycles. The Morgan fingerprint density at radius 2 is 2.18 bits per heavy atom. The van der Waals surface area contributed by atoms with Crippen molar-refractivity contribution in [3.63, 3.8) is 0 Å². The van der Waals surface area contributed by atoms with E-state index < -0.39 is 5.97 Å². The van der Waals surface area contributed by atoms with Gasteiger partial charge >= 0.3 is 5.97 Å². The number of carbonyl (C=O) groups is 1. The lowest BCUT2D eigenvalue weighted by molar-refractivity contribution is -0.137. The lowest BCUT2D eigenvalue weighted by atomic mass is 9.97. The van der Waals surface area contributed by atoms with E-state index in [1.807, 2.05) is 0 Å². The highest BCUT2D eigenvalue weighted by molar-refractivity contribution is 5.76. The number of halogens is 1. The van der Waals surface area contributed by atoms with E-state index in [1.165, 1.54) is 12.1 Å². The molecule has 3 rings (SSSR count). The molecule has 2 heterocycles. The van der Waals surface area contributed by atoms with Crippen LogP contribution in [0.1, 0.15) is 37.4 Å². The fraction of sp³-hybridized carbons (Fsp3) is 0.500. The van der Waals surface area contributed by atoms with Gasteiger partial charge in [-0.15, -0.1) is 0 Å². The van der Waals surface area contributed by atoms with Crippen LogP contribution in [0.2, 0.25) is 0 Å². The molecular formula is C16H20FN3O2. The van der Waals surface area contributed by atoms with Crippen LogP contribution in [0.3, 0.4) is 0 Å². The Hall–Kier alpha value is -1.95. The van der Waals surface area contributed by atoms with Crippen molar-refractivity contribution < 1.29 is 14.3 Å². The van der Waals surface area contributed by atoms with Gasteiger partial charge in [0, 0.05) is 24.9 Å². The van der Waals surface area contributed by atoms with Crippen LogP contribution in [0.15, 0.2) is 18.2 Å². The molecule has 1 fully saturated rings. The SMILES string of the molecule is O=C(O)CCCn1c(C2CCNCC2)nc2cc(F)ccc21. The minimum absolute atomic E-state index is 0.131. The van der Waals surface area contributed by atoms with Crippen LogP contribution in [0.5, 0.6) is 0 Å². The second-order valence-corrected chi connectivity index (χ2v) is 5.78. The first-order chi connectivity index (χ1) is 10.6. The third-order valence-corrected chi connectivity index (χ3v) is 4.22. The number of carboxylic acids is 1. The average molecular weight is 305 g/mol. The smallest absolute Gasteiger partial charge is 0.303 e. The molecule has 0 radical (unpaired) electrons. The fourth-order valence-electron chi connectivity index (χ4n) is 3.14. The van der Waals surface area contributed by atoms with Crippen LogP contribution >= 0.6 is 0 Å². The van der Waals surface area contributed by atoms with Gasteiger partial charge in [0.25, 0.3) is 0 Å². The zero-order chi connectivity index (χ0) is 15.5. The Bertz CT molecular complexity index is 677. The monoisotopic (exact) mass is 305 g/mol. The van der Waals surface area contributed by atoms with Crippen LogP contribution in [-0.4, -0.2) is 33.7 Å². The lowest BCUT2D eigenvalue weighted by Crippen LogP contribution is -2.28. The molecule has 1 aromatic carbocycles. The molecule has 0 bridgehead atoms. The van der Waals surface area contributed by atoms with Crippen molar-refractivity contribution in [3.8, 4) is 0 Å². The zero-order valence-electron chi connectivity index (χ0n) is 12.4. The lowest BCUT2D eigenvalue weighted by Gasteiger charge is -2.23. The summed E-state index contributed by atoms with van der Waals surface area (Å²) in [5, 5.41) is 12.2. The van der Waals surface area contributed by atoms with Gasteiger partial charge < -0.3 is 15.0 Å². The molecule has 22 heavy (non-hydrogen) atoms. The number of rotatable bonds is 5. The maximum absolute atomic E-state index is 13.4. The standard InChI is InChI=1S/C16H20FN3O2/c17-12-3-4-14-13(10-12)19-16(11-5-7-18-8-6-11)20(14)9-1-2-15(21)22/h3-4,10-11,18H,1-2,5-9H2,(H,21,22). The second-order valence-electron chi connectivity index (χ2n) is 5.78. The van der Waals surface area contributed by atoms with Crippen molar-refractivity contribution in [2.24, 2.45) is 0 Å². The second kappa shape index (κ2) is 6.44. The molecule has 5 nitrogen and oxygen atoms in total. The molecule has 1 aliphatic rings. The summed E-state index contributed by atoms with van der Waals surface area (Å²) >= 11 is 0. The highest BCUT2D eigenvalue weighted by Gasteiger charge is 2.22. The first kappa shape index (κ1) is 15.0. The van der Waals surface area contributed by atoms with Gasteiger partial charge in [-0.3, -0.25) is 4.79 Å². The van der Waals surface area contributed by atoms with Crippen molar-refractivity contribution >= 4 is 17.0 Å². The molecule has 0 spiro atoms. The molecule has 0 unspecified atom stereocenters. The molecule has 0 amide bonds. The van der Waals surface area contributed by atoms with Crippen molar-refractivity contribution in [3.05, 3.63) is 29.8 Å². The third kappa shape index (κ3) is 3.11. The third-order valence-electron chi connectivity index (χ3n) is 4.22. The Morgan fingerprint density at radius 1 is 1.41 bits per heavy atom. The van der Waals surface area contributed by atoms with Crippen LogP contribution < -0.4 is 5.32 Å². The van der Waals surface area contributed by atoms with Crippen LogP contribution in [0.4, 0.5) is 4.39 Å². The number of hydrogen-bond donors (Lipinski definition) is 2. The van der Waals surface area contributed by atoms with E-state index in [2.05, 4.69) is 14.9 Å². The van der Waals surface area contributed by atoms with Gasteiger partial charge in [0.2, 0.25) is 0 Å². The summed E-state index contributed by atoms with van der Waals surface area (Å²) in [6.45, 7) is 2.52. The quantitative estimate of drug-likeness (QED) is 0.890. The molecule has 0 saturated carbocycles. The molecule has 0 atom stereocenters. The van der Waals surface area contributed by atoms with Crippen LogP contribution in [0, 0.1) is 5.82 Å². The van der Waals surface area contributed by atoms with Gasteiger partial charge in [-0.2, -0.15) is 0 Å². The van der Waals surface area contributed by atoms with E-state index in [4.69, 9.17) is 5.11 Å². The van der Waals surface area contributed by atoms with Gasteiger partial charge in [0.05, 0.1) is 11.0 Å². The van der Waals surface area contributed by atoms with E-state index in [0.717, 1.165) is 37.3 Å². The predicted octanol–water partition coefficient (Wildman–Crippen LogP) is 2.51. The number of aryl methyl sites for hydroxylation is 1. The van der Waals surface area contributed by atoms with Crippen molar-refractivity contribution in [2.45, 2.75) is 38.1 Å². The number of hydrogen-bond acceptors (Lipinski definition) is 3. The maximum atomic E-state index is 13.4. The molecule has 1 aliphatic heterocycles. The van der Waals surface area contributed by atoms with E-state index >= 15 is 0 Å². The molecule has 118 valence electrons. The molecule has 2 N–H and O–H groups in total. The number of nitrogens with one attached hydrogen (secondary N) is 1. The van der Waals surface area contributed by atoms with E-state index in [9.17, 15) is 9.18 Å². The first-order valence-electron chi connectivity index (χ1n) is 7.73. The molecule has 2 aromatic rings. The summed E-state index contributed by atoms with van der Waals surface area (Å²) in [5.41, 5.74) is 1.55. The van der Waals surface area contributed by atoms with Gasteiger partial charge in [-0.05, 0) is 44.5 Å². The Labute approximate surface area is 128 Å².